The molecule has 0 bridgehead atoms. The van der Waals surface area contributed by atoms with E-state index >= 15 is 0 Å². The van der Waals surface area contributed by atoms with Gasteiger partial charge in [-0.15, -0.1) is 0 Å². The Balaban J connectivity index is 1.30. The van der Waals surface area contributed by atoms with E-state index < -0.39 is 5.92 Å². The lowest BCUT2D eigenvalue weighted by Crippen LogP contribution is -2.82. The van der Waals surface area contributed by atoms with Gasteiger partial charge in [-0.05, 0) is 73.6 Å². The van der Waals surface area contributed by atoms with Gasteiger partial charge >= 0.3 is 0 Å². The summed E-state index contributed by atoms with van der Waals surface area (Å²) >= 11 is 6.29. The molecule has 1 amide bonds. The van der Waals surface area contributed by atoms with Crippen molar-refractivity contribution < 1.29 is 23.9 Å². The molecule has 2 saturated heterocycles. The van der Waals surface area contributed by atoms with Crippen LogP contribution in [0.3, 0.4) is 0 Å². The zero-order chi connectivity index (χ0) is 25.6. The molecule has 2 aliphatic carbocycles. The third kappa shape index (κ3) is 4.69. The zero-order valence-corrected chi connectivity index (χ0v) is 22.2. The van der Waals surface area contributed by atoms with Gasteiger partial charge in [0.05, 0.1) is 18.5 Å². The summed E-state index contributed by atoms with van der Waals surface area (Å²) in [6, 6.07) is 14.6. The van der Waals surface area contributed by atoms with Crippen molar-refractivity contribution in [3.63, 3.8) is 0 Å². The molecule has 1 aromatic heterocycles. The molecular weight excluding hydrogens is 492 g/mol. The standard InChI is InChI=1S/C30H36ClF2N3O/c31-27-9-8-23-25(35-27)7-4-13-29(23)19-34-18-24(29)28(37)36-16-12-22(20-5-2-1-3-6-20)17-26(36)21-10-14-30(32,33)15-11-21/h1-3,5-6,8-9,21-22,24,26,34H,4,7,10-19H2/p+2/t22-,24-,26-,29-/m0/s1. The summed E-state index contributed by atoms with van der Waals surface area (Å²) in [5.41, 5.74) is 3.54. The Morgan fingerprint density at radius 2 is 1.84 bits per heavy atom. The lowest BCUT2D eigenvalue weighted by molar-refractivity contribution is -0.640. The van der Waals surface area contributed by atoms with Crippen LogP contribution in [0.1, 0.15) is 74.1 Å². The first-order valence-corrected chi connectivity index (χ1v) is 14.5. The predicted octanol–water partition coefficient (Wildman–Crippen LogP) is 4.52. The monoisotopic (exact) mass is 529 g/mol. The Morgan fingerprint density at radius 3 is 2.62 bits per heavy atom. The zero-order valence-electron chi connectivity index (χ0n) is 21.4. The van der Waals surface area contributed by atoms with Crippen molar-refractivity contribution in [3.05, 3.63) is 64.4 Å². The number of alkyl halides is 2. The molecule has 7 heteroatoms. The van der Waals surface area contributed by atoms with E-state index in [1.165, 1.54) is 16.8 Å². The highest BCUT2D eigenvalue weighted by Gasteiger charge is 2.56. The minimum Gasteiger partial charge on any atom is -0.345 e. The summed E-state index contributed by atoms with van der Waals surface area (Å²) < 4.78 is 28.2. The van der Waals surface area contributed by atoms with Gasteiger partial charge in [-0.1, -0.05) is 30.3 Å². The maximum Gasteiger partial charge on any atom is 0.273 e. The Hall–Kier alpha value is -2.05. The van der Waals surface area contributed by atoms with Crippen molar-refractivity contribution in [2.24, 2.45) is 11.8 Å². The molecule has 0 unspecified atom stereocenters. The number of fused-ring (bicyclic) bond motifs is 2. The molecule has 2 aliphatic heterocycles. The van der Waals surface area contributed by atoms with Gasteiger partial charge in [-0.25, -0.2) is 8.78 Å². The Bertz CT molecular complexity index is 1130. The van der Waals surface area contributed by atoms with Gasteiger partial charge in [0.1, 0.15) is 5.92 Å². The molecule has 198 valence electrons. The van der Waals surface area contributed by atoms with Gasteiger partial charge in [0.25, 0.3) is 5.15 Å². The van der Waals surface area contributed by atoms with E-state index in [2.05, 4.69) is 45.5 Å². The molecule has 1 saturated carbocycles. The third-order valence-electron chi connectivity index (χ3n) is 9.96. The van der Waals surface area contributed by atoms with Gasteiger partial charge in [0.2, 0.25) is 11.8 Å². The van der Waals surface area contributed by atoms with Crippen LogP contribution >= 0.6 is 11.6 Å². The number of nitrogens with two attached hydrogens (primary N) is 1. The molecule has 1 aromatic carbocycles. The van der Waals surface area contributed by atoms with Gasteiger partial charge < -0.3 is 10.2 Å². The molecule has 4 atom stereocenters. The van der Waals surface area contributed by atoms with E-state index in [9.17, 15) is 13.6 Å². The number of piperidine rings is 1. The molecule has 4 aliphatic rings. The summed E-state index contributed by atoms with van der Waals surface area (Å²) in [6.07, 6.45) is 5.69. The van der Waals surface area contributed by atoms with Crippen LogP contribution in [-0.2, 0) is 16.6 Å². The molecule has 37 heavy (non-hydrogen) atoms. The molecule has 4 nitrogen and oxygen atoms in total. The molecule has 3 fully saturated rings. The molecule has 3 heterocycles. The number of carbonyl (C=O) groups is 1. The number of aromatic nitrogens is 1. The van der Waals surface area contributed by atoms with Gasteiger partial charge in [-0.3, -0.25) is 4.79 Å². The predicted molar refractivity (Wildman–Crippen MR) is 139 cm³/mol. The smallest absolute Gasteiger partial charge is 0.273 e. The van der Waals surface area contributed by atoms with Crippen molar-refractivity contribution in [2.75, 3.05) is 19.6 Å². The number of nitrogens with one attached hydrogen (secondary N) is 1. The summed E-state index contributed by atoms with van der Waals surface area (Å²) in [4.78, 5) is 20.0. The molecule has 6 rings (SSSR count). The number of rotatable bonds is 3. The van der Waals surface area contributed by atoms with Crippen molar-refractivity contribution in [3.8, 4) is 0 Å². The lowest BCUT2D eigenvalue weighted by Gasteiger charge is -2.47. The number of H-pyrrole nitrogens is 1. The highest BCUT2D eigenvalue weighted by molar-refractivity contribution is 6.28. The van der Waals surface area contributed by atoms with Gasteiger partial charge in [0.15, 0.2) is 5.69 Å². The molecule has 3 N–H and O–H groups in total. The van der Waals surface area contributed by atoms with Crippen molar-refractivity contribution in [1.82, 2.24) is 4.90 Å². The number of aryl methyl sites for hydroxylation is 1. The average Bonchev–Trinajstić information content (AvgIpc) is 3.32. The molecule has 0 radical (unpaired) electrons. The maximum absolute atomic E-state index is 14.5. The summed E-state index contributed by atoms with van der Waals surface area (Å²) in [7, 11) is 0. The van der Waals surface area contributed by atoms with E-state index in [1.54, 1.807) is 0 Å². The summed E-state index contributed by atoms with van der Waals surface area (Å²) in [6.45, 7) is 2.41. The van der Waals surface area contributed by atoms with E-state index in [-0.39, 0.29) is 42.0 Å². The SMILES string of the molecule is O=C([C@@H]1C[NH2+]C[C@]12CCCc1[nH+]c(Cl)ccc12)N1CC[C@H](c2ccccc2)C[C@H]1C1CCC(F)(F)CC1. The van der Waals surface area contributed by atoms with E-state index in [0.29, 0.717) is 30.5 Å². The fourth-order valence-electron chi connectivity index (χ4n) is 8.07. The second-order valence-corrected chi connectivity index (χ2v) is 12.3. The molecule has 2 aromatic rings. The highest BCUT2D eigenvalue weighted by Crippen LogP contribution is 2.47. The molecular formula is C30H38ClF2N3O+2. The number of benzene rings is 1. The Morgan fingerprint density at radius 1 is 1.05 bits per heavy atom. The van der Waals surface area contributed by atoms with E-state index in [0.717, 1.165) is 45.2 Å². The topological polar surface area (TPSA) is 51.1 Å². The molecule has 1 spiro atoms. The average molecular weight is 530 g/mol. The number of nitrogens with zero attached hydrogens (tertiary/aromatic N) is 1. The van der Waals surface area contributed by atoms with Crippen molar-refractivity contribution in [2.45, 2.75) is 81.1 Å². The fourth-order valence-corrected chi connectivity index (χ4v) is 8.25. The second-order valence-electron chi connectivity index (χ2n) is 11.9. The highest BCUT2D eigenvalue weighted by atomic mass is 35.5. The summed E-state index contributed by atoms with van der Waals surface area (Å²) in [5.74, 6) is -1.91. The van der Waals surface area contributed by atoms with E-state index in [4.69, 9.17) is 11.6 Å². The number of hydrogen-bond acceptors (Lipinski definition) is 1. The number of carbonyl (C=O) groups excluding carboxylic acids is 1. The van der Waals surface area contributed by atoms with Gasteiger partial charge in [-0.2, -0.15) is 4.98 Å². The summed E-state index contributed by atoms with van der Waals surface area (Å²) in [5, 5.41) is 2.94. The first kappa shape index (κ1) is 25.2. The van der Waals surface area contributed by atoms with Crippen LogP contribution in [0.5, 0.6) is 0 Å². The Kier molecular flexibility index (Phi) is 6.77. The number of aromatic amines is 1. The number of halogens is 3. The number of amides is 1. The fraction of sp³-hybridized carbons (Fsp3) is 0.600. The number of hydrogen-bond donors (Lipinski definition) is 1. The Labute approximate surface area is 223 Å². The second kappa shape index (κ2) is 9.92. The van der Waals surface area contributed by atoms with E-state index in [1.807, 2.05) is 12.1 Å². The first-order chi connectivity index (χ1) is 17.9. The van der Waals surface area contributed by atoms with Crippen LogP contribution in [0.2, 0.25) is 5.15 Å². The van der Waals surface area contributed by atoms with Gasteiger partial charge in [0, 0.05) is 43.5 Å². The quantitative estimate of drug-likeness (QED) is 0.584. The minimum atomic E-state index is -2.56. The third-order valence-corrected chi connectivity index (χ3v) is 10.2. The largest absolute Gasteiger partial charge is 0.345 e. The number of pyridine rings is 1. The lowest BCUT2D eigenvalue weighted by atomic mass is 9.64. The van der Waals surface area contributed by atoms with Crippen molar-refractivity contribution >= 4 is 17.5 Å². The van der Waals surface area contributed by atoms with Crippen LogP contribution in [0.4, 0.5) is 8.78 Å². The first-order valence-electron chi connectivity index (χ1n) is 14.1. The maximum atomic E-state index is 14.5. The number of quaternary nitrogens is 1. The van der Waals surface area contributed by atoms with Crippen LogP contribution in [0, 0.1) is 11.8 Å². The number of likely N-dealkylation sites (tertiary alicyclic amines) is 1. The normalized spacial score (nSPS) is 31.9. The van der Waals surface area contributed by atoms with Crippen LogP contribution in [-0.4, -0.2) is 42.4 Å². The minimum absolute atomic E-state index is 0.0278. The van der Waals surface area contributed by atoms with Crippen LogP contribution in [0.15, 0.2) is 42.5 Å². The van der Waals surface area contributed by atoms with Crippen molar-refractivity contribution in [1.29, 1.82) is 0 Å². The van der Waals surface area contributed by atoms with Crippen LogP contribution in [0.25, 0.3) is 0 Å². The van der Waals surface area contributed by atoms with Crippen LogP contribution < -0.4 is 10.3 Å².